The highest BCUT2D eigenvalue weighted by atomic mass is 16.1. The molecule has 2 aliphatic rings. The fourth-order valence-electron chi connectivity index (χ4n) is 2.91. The van der Waals surface area contributed by atoms with Crippen LogP contribution in [0, 0.1) is 0 Å². The summed E-state index contributed by atoms with van der Waals surface area (Å²) in [6, 6.07) is 7.88. The Labute approximate surface area is 110 Å². The van der Waals surface area contributed by atoms with E-state index in [1.54, 1.807) is 12.2 Å². The average Bonchev–Trinajstić information content (AvgIpc) is 2.80. The lowest BCUT2D eigenvalue weighted by Crippen LogP contribution is -2.05. The molecule has 0 saturated heterocycles. The molecule has 2 aliphatic carbocycles. The molecule has 19 heavy (non-hydrogen) atoms. The molecule has 0 bridgehead atoms. The molecule has 0 fully saturated rings. The van der Waals surface area contributed by atoms with Crippen molar-refractivity contribution in [1.29, 1.82) is 0 Å². The smallest absolute Gasteiger partial charge is 0.186 e. The zero-order chi connectivity index (χ0) is 13.0. The maximum atomic E-state index is 11.7. The summed E-state index contributed by atoms with van der Waals surface area (Å²) in [6.45, 7) is 0. The lowest BCUT2D eigenvalue weighted by Gasteiger charge is -2.14. The van der Waals surface area contributed by atoms with Gasteiger partial charge in [0.15, 0.2) is 11.6 Å². The van der Waals surface area contributed by atoms with Crippen molar-refractivity contribution in [3.63, 3.8) is 0 Å². The number of benzene rings is 2. The first kappa shape index (κ1) is 10.4. The molecule has 0 N–H and O–H groups in total. The molecule has 0 aromatic heterocycles. The Morgan fingerprint density at radius 1 is 0.737 bits per heavy atom. The van der Waals surface area contributed by atoms with E-state index < -0.39 is 0 Å². The molecule has 2 heteroatoms. The number of hydrogen-bond acceptors (Lipinski definition) is 2. The summed E-state index contributed by atoms with van der Waals surface area (Å²) in [6.07, 6.45) is 7.48. The third-order valence-corrected chi connectivity index (χ3v) is 3.84. The molecule has 0 atom stereocenters. The van der Waals surface area contributed by atoms with Gasteiger partial charge in [-0.25, -0.2) is 0 Å². The Balaban J connectivity index is 2.09. The fraction of sp³-hybridized carbons (Fsp3) is 0.0588. The van der Waals surface area contributed by atoms with Gasteiger partial charge in [-0.2, -0.15) is 0 Å². The molecule has 0 radical (unpaired) electrons. The van der Waals surface area contributed by atoms with Crippen LogP contribution < -0.4 is 0 Å². The minimum absolute atomic E-state index is 0.0698. The van der Waals surface area contributed by atoms with Gasteiger partial charge in [0.1, 0.15) is 0 Å². The topological polar surface area (TPSA) is 34.1 Å². The summed E-state index contributed by atoms with van der Waals surface area (Å²) in [4.78, 5) is 23.1. The minimum atomic E-state index is 0.0698. The zero-order valence-electron chi connectivity index (χ0n) is 10.1. The highest BCUT2D eigenvalue weighted by Gasteiger charge is 2.19. The number of carbonyl (C=O) groups is 2. The largest absolute Gasteiger partial charge is 0.294 e. The summed E-state index contributed by atoms with van der Waals surface area (Å²) >= 11 is 0. The Bertz CT molecular complexity index is 823. The number of hydrogen-bond donors (Lipinski definition) is 0. The van der Waals surface area contributed by atoms with Gasteiger partial charge in [-0.15, -0.1) is 0 Å². The molecule has 0 amide bonds. The highest BCUT2D eigenvalue weighted by molar-refractivity contribution is 6.18. The maximum Gasteiger partial charge on any atom is 0.186 e. The van der Waals surface area contributed by atoms with E-state index >= 15 is 0 Å². The van der Waals surface area contributed by atoms with Crippen molar-refractivity contribution in [2.75, 3.05) is 0 Å². The molecule has 2 aromatic rings. The van der Waals surface area contributed by atoms with Crippen LogP contribution in [0.1, 0.15) is 27.0 Å². The Hall–Kier alpha value is -2.48. The number of ketones is 2. The maximum absolute atomic E-state index is 11.7. The molecular weight excluding hydrogens is 236 g/mol. The first-order valence-electron chi connectivity index (χ1n) is 6.26. The average molecular weight is 246 g/mol. The van der Waals surface area contributed by atoms with Gasteiger partial charge in [-0.05, 0) is 51.8 Å². The minimum Gasteiger partial charge on any atom is -0.294 e. The summed E-state index contributed by atoms with van der Waals surface area (Å²) in [5.41, 5.74) is 3.93. The van der Waals surface area contributed by atoms with Crippen LogP contribution >= 0.6 is 0 Å². The second-order valence-electron chi connectivity index (χ2n) is 4.93. The van der Waals surface area contributed by atoms with Gasteiger partial charge in [-0.1, -0.05) is 24.3 Å². The summed E-state index contributed by atoms with van der Waals surface area (Å²) in [5.74, 6) is 0.212. The van der Waals surface area contributed by atoms with E-state index in [1.807, 2.05) is 36.4 Å². The van der Waals surface area contributed by atoms with E-state index in [9.17, 15) is 9.59 Å². The van der Waals surface area contributed by atoms with E-state index in [-0.39, 0.29) is 11.6 Å². The SMILES string of the molecule is O=C1C=Cc2c(ccc3c4c(ccc23)C(=O)C=C4)C1. The molecule has 2 nitrogen and oxygen atoms in total. The van der Waals surface area contributed by atoms with Gasteiger partial charge in [-0.3, -0.25) is 9.59 Å². The molecule has 0 aliphatic heterocycles. The predicted molar refractivity (Wildman–Crippen MR) is 75.1 cm³/mol. The van der Waals surface area contributed by atoms with Crippen LogP contribution in [0.3, 0.4) is 0 Å². The molecule has 4 rings (SSSR count). The second kappa shape index (κ2) is 3.51. The monoisotopic (exact) mass is 246 g/mol. The Morgan fingerprint density at radius 2 is 1.47 bits per heavy atom. The van der Waals surface area contributed by atoms with Crippen LogP contribution in [0.4, 0.5) is 0 Å². The van der Waals surface area contributed by atoms with Gasteiger partial charge >= 0.3 is 0 Å². The normalized spacial score (nSPS) is 16.0. The van der Waals surface area contributed by atoms with Crippen molar-refractivity contribution in [1.82, 2.24) is 0 Å². The first-order valence-corrected chi connectivity index (χ1v) is 6.26. The molecule has 0 spiro atoms. The van der Waals surface area contributed by atoms with Crippen LogP contribution in [0.25, 0.3) is 22.9 Å². The second-order valence-corrected chi connectivity index (χ2v) is 4.93. The highest BCUT2D eigenvalue weighted by Crippen LogP contribution is 2.33. The van der Waals surface area contributed by atoms with Crippen molar-refractivity contribution in [2.24, 2.45) is 0 Å². The standard InChI is InChI=1S/C17H10O2/c18-11-2-4-12-10(9-11)1-3-14-13(12)5-6-16-15(14)7-8-17(16)19/h1-8H,9H2. The summed E-state index contributed by atoms with van der Waals surface area (Å²) in [5, 5.41) is 2.19. The van der Waals surface area contributed by atoms with E-state index in [0.29, 0.717) is 6.42 Å². The van der Waals surface area contributed by atoms with E-state index in [2.05, 4.69) is 0 Å². The van der Waals surface area contributed by atoms with E-state index in [1.165, 1.54) is 0 Å². The summed E-state index contributed by atoms with van der Waals surface area (Å²) in [7, 11) is 0. The van der Waals surface area contributed by atoms with Gasteiger partial charge in [0.05, 0.1) is 0 Å². The lowest BCUT2D eigenvalue weighted by atomic mass is 9.89. The zero-order valence-corrected chi connectivity index (χ0v) is 10.1. The van der Waals surface area contributed by atoms with Crippen molar-refractivity contribution >= 4 is 34.5 Å². The van der Waals surface area contributed by atoms with Crippen molar-refractivity contribution in [3.8, 4) is 0 Å². The molecule has 0 unspecified atom stereocenters. The lowest BCUT2D eigenvalue weighted by molar-refractivity contribution is -0.114. The molecule has 0 heterocycles. The quantitative estimate of drug-likeness (QED) is 0.715. The van der Waals surface area contributed by atoms with Crippen molar-refractivity contribution < 1.29 is 9.59 Å². The van der Waals surface area contributed by atoms with Gasteiger partial charge in [0.25, 0.3) is 0 Å². The molecule has 90 valence electrons. The third kappa shape index (κ3) is 1.37. The summed E-state index contributed by atoms with van der Waals surface area (Å²) < 4.78 is 0. The van der Waals surface area contributed by atoms with Crippen molar-refractivity contribution in [3.05, 3.63) is 58.7 Å². The van der Waals surface area contributed by atoms with E-state index in [0.717, 1.165) is 33.0 Å². The van der Waals surface area contributed by atoms with Crippen LogP contribution in [0.2, 0.25) is 0 Å². The van der Waals surface area contributed by atoms with Crippen LogP contribution in [-0.4, -0.2) is 11.6 Å². The Kier molecular flexibility index (Phi) is 1.93. The Morgan fingerprint density at radius 3 is 2.37 bits per heavy atom. The van der Waals surface area contributed by atoms with Crippen LogP contribution in [-0.2, 0) is 11.2 Å². The fourth-order valence-corrected chi connectivity index (χ4v) is 2.91. The third-order valence-electron chi connectivity index (χ3n) is 3.84. The number of fused-ring (bicyclic) bond motifs is 5. The first-order chi connectivity index (χ1) is 9.24. The van der Waals surface area contributed by atoms with Gasteiger partial charge in [0, 0.05) is 12.0 Å². The predicted octanol–water partition coefficient (Wildman–Crippen LogP) is 3.19. The van der Waals surface area contributed by atoms with E-state index in [4.69, 9.17) is 0 Å². The number of rotatable bonds is 0. The molecule has 2 aromatic carbocycles. The van der Waals surface area contributed by atoms with Gasteiger partial charge < -0.3 is 0 Å². The molecular formula is C17H10O2. The number of carbonyl (C=O) groups excluding carboxylic acids is 2. The molecule has 0 saturated carbocycles. The van der Waals surface area contributed by atoms with Crippen molar-refractivity contribution in [2.45, 2.75) is 6.42 Å². The number of allylic oxidation sites excluding steroid dienone is 2. The van der Waals surface area contributed by atoms with Crippen LogP contribution in [0.15, 0.2) is 36.4 Å². The van der Waals surface area contributed by atoms with Gasteiger partial charge in [0.2, 0.25) is 0 Å². The van der Waals surface area contributed by atoms with Crippen LogP contribution in [0.5, 0.6) is 0 Å².